The second-order valence-corrected chi connectivity index (χ2v) is 32.8. The number of Topliss-reactive ketones (excluding diaryl/α,β-unsaturated/α-hetero) is 3. The minimum Gasteiger partial charge on any atom is -0.871 e. The summed E-state index contributed by atoms with van der Waals surface area (Å²) in [4.78, 5) is 73.5. The highest BCUT2D eigenvalue weighted by atomic mass is 32.2. The molecule has 8 heterocycles. The molecular weight excluding hydrogens is 1390 g/mol. The first kappa shape index (κ1) is 82.2. The van der Waals surface area contributed by atoms with Crippen LogP contribution >= 0.6 is 91.1 Å². The van der Waals surface area contributed by atoms with E-state index in [2.05, 4.69) is 139 Å². The number of hydrogen-bond donors (Lipinski definition) is 1. The number of carbonyl (C=O) groups excluding carboxylic acids is 4. The van der Waals surface area contributed by atoms with Crippen LogP contribution in [0.25, 0.3) is 35.6 Å². The third-order valence-corrected chi connectivity index (χ3v) is 24.2. The summed E-state index contributed by atoms with van der Waals surface area (Å²) in [5, 5.41) is 31.3. The van der Waals surface area contributed by atoms with E-state index in [9.17, 15) is 29.1 Å². The van der Waals surface area contributed by atoms with Crippen molar-refractivity contribution in [1.82, 2.24) is 4.90 Å². The lowest BCUT2D eigenvalue weighted by Gasteiger charge is -2.31. The largest absolute Gasteiger partial charge is 0.871 e. The van der Waals surface area contributed by atoms with Gasteiger partial charge in [0.05, 0.1) is 76.0 Å². The van der Waals surface area contributed by atoms with E-state index in [1.165, 1.54) is 77.3 Å². The van der Waals surface area contributed by atoms with Crippen LogP contribution in [-0.2, 0) is 14.4 Å². The maximum atomic E-state index is 13.6. The zero-order valence-electron chi connectivity index (χ0n) is 59.5. The number of hydrogen-bond acceptors (Lipinski definition) is 21. The molecule has 0 radical (unpaired) electrons. The van der Waals surface area contributed by atoms with E-state index < -0.39 is 5.97 Å². The van der Waals surface area contributed by atoms with Gasteiger partial charge in [-0.3, -0.25) is 24.0 Å². The van der Waals surface area contributed by atoms with E-state index in [1.54, 1.807) is 80.4 Å². The van der Waals surface area contributed by atoms with Gasteiger partial charge in [-0.15, -0.1) is 79.4 Å². The van der Waals surface area contributed by atoms with Gasteiger partial charge < -0.3 is 48.6 Å². The van der Waals surface area contributed by atoms with Gasteiger partial charge in [-0.05, 0) is 199 Å². The molecule has 16 nitrogen and oxygen atoms in total. The number of allylic oxidation sites excluding steroid dienone is 2. The highest BCUT2D eigenvalue weighted by Gasteiger charge is 2.34. The Balaban J connectivity index is 0.000000266. The van der Waals surface area contributed by atoms with Gasteiger partial charge >= 0.3 is 5.97 Å². The number of ether oxygens (including phenoxy) is 5. The van der Waals surface area contributed by atoms with Crippen molar-refractivity contribution in [3.63, 3.8) is 0 Å². The molecule has 0 fully saturated rings. The highest BCUT2D eigenvalue weighted by Crippen LogP contribution is 2.49. The number of amides is 1. The molecule has 534 valence electrons. The highest BCUT2D eigenvalue weighted by molar-refractivity contribution is 8.22. The van der Waals surface area contributed by atoms with Crippen molar-refractivity contribution in [2.24, 2.45) is 0 Å². The molecule has 0 unspecified atom stereocenters. The van der Waals surface area contributed by atoms with Gasteiger partial charge in [0.25, 0.3) is 0 Å². The van der Waals surface area contributed by atoms with Gasteiger partial charge in [0.2, 0.25) is 11.0 Å². The predicted molar refractivity (Wildman–Crippen MR) is 415 cm³/mol. The molecule has 0 saturated carbocycles. The number of carboxylic acids is 1. The quantitative estimate of drug-likeness (QED) is 0.0398. The molecule has 1 aliphatic heterocycles. The number of thioether (sulfide) groups is 1. The first-order valence-electron chi connectivity index (χ1n) is 32.2. The molecule has 0 saturated heterocycles. The summed E-state index contributed by atoms with van der Waals surface area (Å²) < 4.78 is 30.9. The topological polar surface area (TPSA) is 188 Å². The number of anilines is 2. The Bertz CT molecular complexity index is 4030. The summed E-state index contributed by atoms with van der Waals surface area (Å²) in [5.41, 5.74) is 0.461. The first-order valence-corrected chi connectivity index (χ1v) is 39.0. The summed E-state index contributed by atoms with van der Waals surface area (Å²) in [5.74, 6) is 1.83. The van der Waals surface area contributed by atoms with Crippen molar-refractivity contribution >= 4 is 151 Å². The third kappa shape index (κ3) is 20.1. The Morgan fingerprint density at radius 3 is 1.40 bits per heavy atom. The lowest BCUT2D eigenvalue weighted by Crippen LogP contribution is -2.42. The Morgan fingerprint density at radius 1 is 0.500 bits per heavy atom. The van der Waals surface area contributed by atoms with E-state index in [4.69, 9.17) is 28.8 Å². The monoisotopic (exact) mass is 1490 g/mol. The predicted octanol–water partition coefficient (Wildman–Crippen LogP) is 17.2. The SMILES string of the molecule is C.COc1cc(C2=C([O-])C(=c3cc(OC)/c(=C4/C=CC(=[N+](C(C)C)C(C)C)S4)s3)C2=O)sc1-c1ccc(N(C(C)C)C(C)C)s1.COc1ccsc1-c1ccc(N(C(C)C)C(C)C)s1.COc1ccsc1C(=O)CCC(=O)N(C(C)C)C(C)C.COc1ccsc1C(=O)CCC(=O)O. The molecule has 98 heavy (non-hydrogen) atoms. The van der Waals surface area contributed by atoms with Crippen molar-refractivity contribution < 1.29 is 62.4 Å². The van der Waals surface area contributed by atoms with Crippen LogP contribution in [0, 0.1) is 0 Å². The molecular formula is C74H98N4O12S8. The lowest BCUT2D eigenvalue weighted by atomic mass is 9.87. The van der Waals surface area contributed by atoms with E-state index in [0.717, 1.165) is 24.9 Å². The number of ketones is 3. The molecule has 7 aromatic rings. The first-order chi connectivity index (χ1) is 45.9. The number of carboxylic acid groups (broad SMARTS) is 1. The summed E-state index contributed by atoms with van der Waals surface area (Å²) in [6.45, 7) is 34.5. The normalized spacial score (nSPS) is 13.7. The standard InChI is InChI=1S/C34H40N2O4S4.C15H23NO3S.C15H21NOS2.C9H10O4S.CH4/c1-17(2)35(18(3)4)27-13-11-23(41-27)33-21(39-9)15-25(43-33)29-31(37)30(32(29)38)26-16-22(40-10)34(44-26)24-12-14-28(42-24)36(19(5)6)20(7)8;1-10(2)16(11(3)4)14(18)7-6-12(17)15-13(19-5)8-9-20-15;1-10(2)16(11(3)4)14-7-6-13(19-14)15-12(17-5)8-9-18-15;1-13-7-4-5-14-9(7)6(10)2-3-8(11)12;/h11-20H,1-10H3;8-11H,6-7H2,1-5H3;6-11H,1-5H3;4-5H,2-3H2,1H3,(H,11,12);1H4. The van der Waals surface area contributed by atoms with Crippen LogP contribution in [0.1, 0.15) is 168 Å². The van der Waals surface area contributed by atoms with E-state index in [1.807, 2.05) is 67.5 Å². The average Bonchev–Trinajstić information content (AvgIpc) is 1.47. The van der Waals surface area contributed by atoms with Crippen LogP contribution < -0.4 is 47.7 Å². The minimum absolute atomic E-state index is 0. The molecule has 0 aromatic carbocycles. The minimum atomic E-state index is -0.964. The third-order valence-electron chi connectivity index (χ3n) is 15.4. The lowest BCUT2D eigenvalue weighted by molar-refractivity contribution is -0.584. The Morgan fingerprint density at radius 2 is 0.959 bits per heavy atom. The molecule has 1 aliphatic carbocycles. The molecule has 1 amide bonds. The van der Waals surface area contributed by atoms with Crippen molar-refractivity contribution in [2.45, 2.75) is 192 Å². The second kappa shape index (κ2) is 37.8. The molecule has 0 spiro atoms. The maximum Gasteiger partial charge on any atom is 0.303 e. The van der Waals surface area contributed by atoms with E-state index >= 15 is 0 Å². The van der Waals surface area contributed by atoms with Crippen molar-refractivity contribution in [3.8, 4) is 48.3 Å². The van der Waals surface area contributed by atoms with Crippen LogP contribution in [0.3, 0.4) is 0 Å². The summed E-state index contributed by atoms with van der Waals surface area (Å²) in [6.07, 6.45) is 4.59. The number of methoxy groups -OCH3 is 5. The fourth-order valence-corrected chi connectivity index (χ4v) is 20.5. The Labute approximate surface area is 612 Å². The summed E-state index contributed by atoms with van der Waals surface area (Å²) >= 11 is 12.5. The van der Waals surface area contributed by atoms with Crippen molar-refractivity contribution in [3.05, 3.63) is 112 Å². The molecule has 2 aliphatic rings. The number of nitrogens with zero attached hydrogens (tertiary/aromatic N) is 4. The van der Waals surface area contributed by atoms with E-state index in [0.29, 0.717) is 78.4 Å². The maximum absolute atomic E-state index is 13.6. The number of rotatable bonds is 26. The van der Waals surface area contributed by atoms with Gasteiger partial charge in [-0.1, -0.05) is 13.2 Å². The van der Waals surface area contributed by atoms with Gasteiger partial charge in [0, 0.05) is 87.1 Å². The molecule has 9 rings (SSSR count). The molecule has 24 heteroatoms. The Hall–Kier alpha value is -6.51. The zero-order chi connectivity index (χ0) is 71.9. The number of aliphatic carboxylic acids is 1. The van der Waals surface area contributed by atoms with Crippen molar-refractivity contribution in [1.29, 1.82) is 0 Å². The zero-order valence-corrected chi connectivity index (χ0v) is 66.1. The van der Waals surface area contributed by atoms with Gasteiger partial charge in [-0.2, -0.15) is 0 Å². The van der Waals surface area contributed by atoms with Crippen LogP contribution in [0.5, 0.6) is 28.7 Å². The number of thiophene rings is 7. The second-order valence-electron chi connectivity index (χ2n) is 24.8. The summed E-state index contributed by atoms with van der Waals surface area (Å²) in [6, 6.07) is 20.6. The van der Waals surface area contributed by atoms with Gasteiger partial charge in [0.1, 0.15) is 50.6 Å². The van der Waals surface area contributed by atoms with Crippen LogP contribution in [0.4, 0.5) is 10.0 Å². The fourth-order valence-electron chi connectivity index (χ4n) is 11.5. The van der Waals surface area contributed by atoms with Crippen LogP contribution in [0.2, 0.25) is 0 Å². The average molecular weight is 1490 g/mol. The summed E-state index contributed by atoms with van der Waals surface area (Å²) in [7, 11) is 8.01. The molecule has 0 atom stereocenters. The van der Waals surface area contributed by atoms with Crippen molar-refractivity contribution in [2.75, 3.05) is 45.3 Å². The van der Waals surface area contributed by atoms with Crippen LogP contribution in [-0.4, -0.2) is 133 Å². The Kier molecular flexibility index (Phi) is 31.7. The van der Waals surface area contributed by atoms with Crippen LogP contribution in [0.15, 0.2) is 88.6 Å². The molecule has 7 aromatic heterocycles. The number of carbonyl (C=O) groups is 5. The fraction of sp³-hybridized carbons (Fsp3) is 0.459. The smallest absolute Gasteiger partial charge is 0.303 e. The molecule has 0 bridgehead atoms. The van der Waals surface area contributed by atoms with Gasteiger partial charge in [-0.25, -0.2) is 4.58 Å². The molecule has 1 N–H and O–H groups in total. The van der Waals surface area contributed by atoms with E-state index in [-0.39, 0.29) is 85.4 Å². The van der Waals surface area contributed by atoms with Gasteiger partial charge in [0.15, 0.2) is 17.3 Å².